The number of thioether (sulfide) groups is 1. The van der Waals surface area contributed by atoms with Crippen LogP contribution >= 0.6 is 27.7 Å². The zero-order chi connectivity index (χ0) is 20.1. The van der Waals surface area contributed by atoms with Gasteiger partial charge in [0.15, 0.2) is 11.5 Å². The predicted octanol–water partition coefficient (Wildman–Crippen LogP) is 5.26. The van der Waals surface area contributed by atoms with Gasteiger partial charge in [0.2, 0.25) is 0 Å². The molecule has 7 heteroatoms. The molecule has 0 bridgehead atoms. The quantitative estimate of drug-likeness (QED) is 0.417. The molecule has 1 saturated heterocycles. The van der Waals surface area contributed by atoms with E-state index >= 15 is 0 Å². The number of hydrogen-bond donors (Lipinski definition) is 0. The van der Waals surface area contributed by atoms with E-state index in [1.54, 1.807) is 19.3 Å². The van der Waals surface area contributed by atoms with E-state index in [4.69, 9.17) is 9.47 Å². The maximum atomic E-state index is 12.4. The van der Waals surface area contributed by atoms with Crippen LogP contribution < -0.4 is 9.47 Å². The molecule has 28 heavy (non-hydrogen) atoms. The first-order valence-electron chi connectivity index (χ1n) is 8.44. The number of carbonyl (C=O) groups excluding carboxylic acids is 2. The molecule has 2 amide bonds. The Hall–Kier alpha value is -2.51. The summed E-state index contributed by atoms with van der Waals surface area (Å²) in [5, 5.41) is -0.301. The lowest BCUT2D eigenvalue weighted by molar-refractivity contribution is -0.122. The van der Waals surface area contributed by atoms with Crippen LogP contribution in [0.15, 0.2) is 64.5 Å². The Bertz CT molecular complexity index is 943. The minimum Gasteiger partial charge on any atom is -0.493 e. The van der Waals surface area contributed by atoms with Crippen LogP contribution in [0, 0.1) is 0 Å². The van der Waals surface area contributed by atoms with Gasteiger partial charge in [-0.1, -0.05) is 36.4 Å². The fraction of sp³-hybridized carbons (Fsp3) is 0.143. The van der Waals surface area contributed by atoms with Crippen molar-refractivity contribution < 1.29 is 19.1 Å². The molecule has 2 aromatic carbocycles. The first-order valence-corrected chi connectivity index (χ1v) is 10.0. The second-order valence-corrected chi connectivity index (χ2v) is 7.74. The lowest BCUT2D eigenvalue weighted by Crippen LogP contribution is -2.27. The van der Waals surface area contributed by atoms with E-state index in [-0.39, 0.29) is 17.7 Å². The molecule has 5 nitrogen and oxygen atoms in total. The molecule has 0 N–H and O–H groups in total. The number of rotatable bonds is 7. The lowest BCUT2D eigenvalue weighted by Gasteiger charge is -2.14. The van der Waals surface area contributed by atoms with Crippen LogP contribution in [-0.4, -0.2) is 29.7 Å². The fourth-order valence-corrected chi connectivity index (χ4v) is 4.05. The van der Waals surface area contributed by atoms with Crippen molar-refractivity contribution in [1.82, 2.24) is 4.90 Å². The third-order valence-corrected chi connectivity index (χ3v) is 5.46. The Morgan fingerprint density at radius 2 is 1.96 bits per heavy atom. The van der Waals surface area contributed by atoms with E-state index in [0.717, 1.165) is 27.8 Å². The number of benzene rings is 2. The van der Waals surface area contributed by atoms with Gasteiger partial charge in [0.05, 0.1) is 16.5 Å². The average molecular weight is 460 g/mol. The first kappa shape index (κ1) is 20.2. The molecule has 0 aliphatic carbocycles. The molecular weight excluding hydrogens is 442 g/mol. The molecule has 1 aliphatic rings. The summed E-state index contributed by atoms with van der Waals surface area (Å²) in [6.07, 6.45) is 3.19. The third kappa shape index (κ3) is 4.48. The lowest BCUT2D eigenvalue weighted by atomic mass is 10.1. The Morgan fingerprint density at radius 1 is 1.21 bits per heavy atom. The highest BCUT2D eigenvalue weighted by atomic mass is 79.9. The van der Waals surface area contributed by atoms with Gasteiger partial charge in [-0.3, -0.25) is 14.5 Å². The van der Waals surface area contributed by atoms with Gasteiger partial charge < -0.3 is 9.47 Å². The van der Waals surface area contributed by atoms with Crippen LogP contribution in [0.2, 0.25) is 0 Å². The number of nitrogens with zero attached hydrogens (tertiary/aromatic N) is 1. The number of carbonyl (C=O) groups is 2. The van der Waals surface area contributed by atoms with Crippen LogP contribution in [0.3, 0.4) is 0 Å². The molecule has 0 saturated carbocycles. The topological polar surface area (TPSA) is 55.8 Å². The summed E-state index contributed by atoms with van der Waals surface area (Å²) in [4.78, 5) is 25.9. The summed E-state index contributed by atoms with van der Waals surface area (Å²) in [6.45, 7) is 4.17. The average Bonchev–Trinajstić information content (AvgIpc) is 2.95. The number of hydrogen-bond acceptors (Lipinski definition) is 5. The minimum atomic E-state index is -0.325. The van der Waals surface area contributed by atoms with Crippen LogP contribution in [0.25, 0.3) is 6.08 Å². The zero-order valence-corrected chi connectivity index (χ0v) is 17.6. The molecule has 2 aromatic rings. The second kappa shape index (κ2) is 9.12. The van der Waals surface area contributed by atoms with Crippen molar-refractivity contribution in [2.75, 3.05) is 13.7 Å². The van der Waals surface area contributed by atoms with Gasteiger partial charge in [0.25, 0.3) is 11.1 Å². The molecule has 0 unspecified atom stereocenters. The highest BCUT2D eigenvalue weighted by molar-refractivity contribution is 9.10. The summed E-state index contributed by atoms with van der Waals surface area (Å²) in [5.41, 5.74) is 1.76. The second-order valence-electron chi connectivity index (χ2n) is 5.89. The smallest absolute Gasteiger partial charge is 0.293 e. The predicted molar refractivity (Wildman–Crippen MR) is 114 cm³/mol. The summed E-state index contributed by atoms with van der Waals surface area (Å²) in [6, 6.07) is 13.4. The van der Waals surface area contributed by atoms with E-state index in [1.807, 2.05) is 36.4 Å². The summed E-state index contributed by atoms with van der Waals surface area (Å²) < 4.78 is 12.1. The fourth-order valence-electron chi connectivity index (χ4n) is 2.63. The molecule has 1 aliphatic heterocycles. The number of ether oxygens (including phenoxy) is 2. The van der Waals surface area contributed by atoms with E-state index in [2.05, 4.69) is 22.5 Å². The first-order chi connectivity index (χ1) is 13.5. The van der Waals surface area contributed by atoms with Gasteiger partial charge in [0, 0.05) is 6.54 Å². The Labute approximate surface area is 176 Å². The van der Waals surface area contributed by atoms with E-state index in [0.29, 0.717) is 27.5 Å². The van der Waals surface area contributed by atoms with Crippen LogP contribution in [-0.2, 0) is 11.4 Å². The van der Waals surface area contributed by atoms with Gasteiger partial charge in [-0.2, -0.15) is 0 Å². The van der Waals surface area contributed by atoms with Gasteiger partial charge >= 0.3 is 0 Å². The largest absolute Gasteiger partial charge is 0.493 e. The van der Waals surface area contributed by atoms with Gasteiger partial charge in [-0.15, -0.1) is 6.58 Å². The normalized spacial score (nSPS) is 15.2. The summed E-state index contributed by atoms with van der Waals surface area (Å²) in [5.74, 6) is 0.777. The van der Waals surface area contributed by atoms with Crippen molar-refractivity contribution in [1.29, 1.82) is 0 Å². The maximum Gasteiger partial charge on any atom is 0.293 e. The Kier molecular flexibility index (Phi) is 6.59. The molecule has 0 spiro atoms. The van der Waals surface area contributed by atoms with Crippen molar-refractivity contribution in [3.8, 4) is 11.5 Å². The van der Waals surface area contributed by atoms with E-state index in [1.165, 1.54) is 6.08 Å². The van der Waals surface area contributed by atoms with Crippen molar-refractivity contribution >= 4 is 44.9 Å². The number of halogens is 1. The van der Waals surface area contributed by atoms with Crippen molar-refractivity contribution in [3.05, 3.63) is 75.6 Å². The number of amides is 2. The highest BCUT2D eigenvalue weighted by Crippen LogP contribution is 2.39. The van der Waals surface area contributed by atoms with Crippen LogP contribution in [0.1, 0.15) is 11.1 Å². The summed E-state index contributed by atoms with van der Waals surface area (Å²) in [7, 11) is 1.55. The van der Waals surface area contributed by atoms with Crippen LogP contribution in [0.5, 0.6) is 11.5 Å². The minimum absolute atomic E-state index is 0.196. The van der Waals surface area contributed by atoms with Crippen molar-refractivity contribution in [3.63, 3.8) is 0 Å². The van der Waals surface area contributed by atoms with Crippen molar-refractivity contribution in [2.24, 2.45) is 0 Å². The Morgan fingerprint density at radius 3 is 2.64 bits per heavy atom. The Balaban J connectivity index is 1.84. The molecule has 144 valence electrons. The standard InChI is InChI=1S/C21H18BrNO4S/c1-3-9-23-20(24)18(28-21(23)25)12-15-10-16(22)19(17(11-15)26-2)27-13-14-7-5-4-6-8-14/h3-8,10-12H,1,9,13H2,2H3/b18-12+. The number of imide groups is 1. The number of methoxy groups -OCH3 is 1. The molecule has 1 heterocycles. The van der Waals surface area contributed by atoms with E-state index < -0.39 is 0 Å². The maximum absolute atomic E-state index is 12.4. The van der Waals surface area contributed by atoms with Gasteiger partial charge in [0.1, 0.15) is 6.61 Å². The molecular formula is C21H18BrNO4S. The molecule has 0 aromatic heterocycles. The van der Waals surface area contributed by atoms with Gasteiger partial charge in [-0.25, -0.2) is 0 Å². The monoisotopic (exact) mass is 459 g/mol. The summed E-state index contributed by atoms with van der Waals surface area (Å²) >= 11 is 4.42. The highest BCUT2D eigenvalue weighted by Gasteiger charge is 2.34. The SMILES string of the molecule is C=CCN1C(=O)S/C(=C/c2cc(Br)c(OCc3ccccc3)c(OC)c2)C1=O. The zero-order valence-electron chi connectivity index (χ0n) is 15.2. The van der Waals surface area contributed by atoms with Crippen LogP contribution in [0.4, 0.5) is 4.79 Å². The van der Waals surface area contributed by atoms with E-state index in [9.17, 15) is 9.59 Å². The van der Waals surface area contributed by atoms with Gasteiger partial charge in [-0.05, 0) is 57.0 Å². The molecule has 1 fully saturated rings. The molecule has 3 rings (SSSR count). The van der Waals surface area contributed by atoms with Crippen molar-refractivity contribution in [2.45, 2.75) is 6.61 Å². The third-order valence-electron chi connectivity index (χ3n) is 3.96. The molecule has 0 radical (unpaired) electrons. The molecule has 0 atom stereocenters.